The van der Waals surface area contributed by atoms with Crippen molar-refractivity contribution in [2.75, 3.05) is 40.4 Å². The molecule has 0 saturated carbocycles. The minimum absolute atomic E-state index is 0.207. The van der Waals surface area contributed by atoms with Crippen LogP contribution < -0.4 is 15.0 Å². The van der Waals surface area contributed by atoms with E-state index in [9.17, 15) is 18.0 Å². The normalized spacial score (nSPS) is 17.3. The van der Waals surface area contributed by atoms with Crippen molar-refractivity contribution in [1.29, 1.82) is 0 Å². The van der Waals surface area contributed by atoms with Crippen molar-refractivity contribution in [2.24, 2.45) is 0 Å². The third-order valence-corrected chi connectivity index (χ3v) is 6.39. The van der Waals surface area contributed by atoms with Crippen LogP contribution in [0.2, 0.25) is 0 Å². The van der Waals surface area contributed by atoms with Gasteiger partial charge in [0.1, 0.15) is 5.75 Å². The van der Waals surface area contributed by atoms with E-state index in [1.807, 2.05) is 0 Å². The molecule has 144 valence electrons. The predicted octanol–water partition coefficient (Wildman–Crippen LogP) is -1.14. The highest BCUT2D eigenvalue weighted by molar-refractivity contribution is 7.89. The number of methoxy groups -OCH3 is 2. The average molecular weight is 386 g/mol. The first-order chi connectivity index (χ1) is 12.3. The molecule has 0 radical (unpaired) electrons. The first-order valence-corrected chi connectivity index (χ1v) is 9.61. The lowest BCUT2D eigenvalue weighted by atomic mass is 10.2. The monoisotopic (exact) mass is 386 g/mol. The molecule has 1 saturated heterocycles. The summed E-state index contributed by atoms with van der Waals surface area (Å²) >= 11 is 0. The number of rotatable bonds is 5. The van der Waals surface area contributed by atoms with E-state index >= 15 is 0 Å². The van der Waals surface area contributed by atoms with Gasteiger partial charge in [-0.15, -0.1) is 0 Å². The Morgan fingerprint density at radius 2 is 1.73 bits per heavy atom. The number of quaternary nitrogens is 1. The van der Waals surface area contributed by atoms with E-state index < -0.39 is 28.1 Å². The first-order valence-electron chi connectivity index (χ1n) is 8.17. The van der Waals surface area contributed by atoms with Gasteiger partial charge in [0.15, 0.2) is 6.04 Å². The highest BCUT2D eigenvalue weighted by Gasteiger charge is 2.34. The van der Waals surface area contributed by atoms with E-state index in [4.69, 9.17) is 4.74 Å². The number of nitrogens with one attached hydrogen (secondary N) is 2. The fourth-order valence-electron chi connectivity index (χ4n) is 2.79. The molecule has 1 aromatic rings. The van der Waals surface area contributed by atoms with Crippen LogP contribution in [-0.2, 0) is 19.6 Å². The number of alkyl carbamates (subject to hydrolysis) is 1. The predicted molar refractivity (Wildman–Crippen MR) is 92.5 cm³/mol. The van der Waals surface area contributed by atoms with Crippen molar-refractivity contribution in [3.8, 4) is 5.75 Å². The molecule has 0 spiro atoms. The first kappa shape index (κ1) is 20.1. The molecule has 1 aromatic carbocycles. The minimum Gasteiger partial charge on any atom is -0.497 e. The summed E-state index contributed by atoms with van der Waals surface area (Å²) in [5.41, 5.74) is 0. The number of nitrogens with zero attached hydrogens (tertiary/aromatic N) is 1. The quantitative estimate of drug-likeness (QED) is 0.662. The minimum atomic E-state index is -3.59. The summed E-state index contributed by atoms with van der Waals surface area (Å²) in [6.07, 6.45) is -0.804. The summed E-state index contributed by atoms with van der Waals surface area (Å²) in [6, 6.07) is 5.75. The van der Waals surface area contributed by atoms with E-state index in [0.29, 0.717) is 31.9 Å². The van der Waals surface area contributed by atoms with Crippen molar-refractivity contribution in [2.45, 2.75) is 17.9 Å². The molecule has 1 aliphatic rings. The molecular formula is C16H24N3O6S+. The van der Waals surface area contributed by atoms with Gasteiger partial charge in [-0.3, -0.25) is 10.1 Å². The van der Waals surface area contributed by atoms with Crippen LogP contribution in [0.1, 0.15) is 6.92 Å². The molecule has 2 rings (SSSR count). The van der Waals surface area contributed by atoms with Crippen LogP contribution in [0.3, 0.4) is 0 Å². The molecule has 2 N–H and O–H groups in total. The third-order valence-electron chi connectivity index (χ3n) is 4.48. The maximum Gasteiger partial charge on any atom is 0.413 e. The number of carbonyl (C=O) groups excluding carboxylic acids is 2. The molecular weight excluding hydrogens is 362 g/mol. The Morgan fingerprint density at radius 3 is 2.23 bits per heavy atom. The zero-order valence-corrected chi connectivity index (χ0v) is 15.8. The lowest BCUT2D eigenvalue weighted by Gasteiger charge is -2.34. The van der Waals surface area contributed by atoms with Gasteiger partial charge in [-0.05, 0) is 31.2 Å². The van der Waals surface area contributed by atoms with Crippen molar-refractivity contribution in [3.05, 3.63) is 24.3 Å². The Balaban J connectivity index is 1.98. The maximum absolute atomic E-state index is 12.7. The van der Waals surface area contributed by atoms with Crippen LogP contribution in [0.5, 0.6) is 5.75 Å². The SMILES string of the molecule is COC(=O)NC(=O)[C@@H](C)[NH+]1CCN(S(=O)(=O)c2ccc(OC)cc2)CC1. The largest absolute Gasteiger partial charge is 0.497 e. The van der Waals surface area contributed by atoms with Crippen molar-refractivity contribution >= 4 is 22.0 Å². The van der Waals surface area contributed by atoms with E-state index in [1.165, 1.54) is 30.7 Å². The number of ether oxygens (including phenoxy) is 2. The molecule has 26 heavy (non-hydrogen) atoms. The van der Waals surface area contributed by atoms with Crippen molar-refractivity contribution in [3.63, 3.8) is 0 Å². The highest BCUT2D eigenvalue weighted by atomic mass is 32.2. The van der Waals surface area contributed by atoms with E-state index in [2.05, 4.69) is 10.1 Å². The number of hydrogen-bond acceptors (Lipinski definition) is 6. The summed E-state index contributed by atoms with van der Waals surface area (Å²) in [6.45, 7) is 3.20. The molecule has 1 fully saturated rings. The molecule has 1 heterocycles. The number of sulfonamides is 1. The topological polar surface area (TPSA) is 106 Å². The van der Waals surface area contributed by atoms with Crippen LogP contribution in [0.4, 0.5) is 4.79 Å². The van der Waals surface area contributed by atoms with Crippen molar-refractivity contribution < 1.29 is 32.4 Å². The summed E-state index contributed by atoms with van der Waals surface area (Å²) in [7, 11) is -0.889. The number of benzene rings is 1. The zero-order valence-electron chi connectivity index (χ0n) is 15.0. The molecule has 1 aliphatic heterocycles. The molecule has 0 bridgehead atoms. The van der Waals surface area contributed by atoms with Crippen LogP contribution in [0.25, 0.3) is 0 Å². The molecule has 10 heteroatoms. The van der Waals surface area contributed by atoms with Gasteiger partial charge in [-0.25, -0.2) is 13.2 Å². The van der Waals surface area contributed by atoms with E-state index in [-0.39, 0.29) is 4.90 Å². The lowest BCUT2D eigenvalue weighted by molar-refractivity contribution is -0.917. The van der Waals surface area contributed by atoms with Gasteiger partial charge in [0.25, 0.3) is 5.91 Å². The van der Waals surface area contributed by atoms with Crippen LogP contribution >= 0.6 is 0 Å². The van der Waals surface area contributed by atoms with Gasteiger partial charge in [0.2, 0.25) is 10.0 Å². The number of hydrogen-bond donors (Lipinski definition) is 2. The summed E-state index contributed by atoms with van der Waals surface area (Å²) in [4.78, 5) is 24.2. The molecule has 0 aliphatic carbocycles. The van der Waals surface area contributed by atoms with Gasteiger partial charge in [0.05, 0.1) is 45.3 Å². The molecule has 2 amide bonds. The molecule has 9 nitrogen and oxygen atoms in total. The smallest absolute Gasteiger partial charge is 0.413 e. The number of carbonyl (C=O) groups is 2. The van der Waals surface area contributed by atoms with Crippen LogP contribution in [0.15, 0.2) is 29.2 Å². The maximum atomic E-state index is 12.7. The Hall–Kier alpha value is -2.17. The van der Waals surface area contributed by atoms with Gasteiger partial charge in [0, 0.05) is 0 Å². The zero-order chi connectivity index (χ0) is 19.3. The number of amides is 2. The van der Waals surface area contributed by atoms with Crippen LogP contribution in [-0.4, -0.2) is 71.2 Å². The summed E-state index contributed by atoms with van der Waals surface area (Å²) in [5, 5.41) is 2.14. The lowest BCUT2D eigenvalue weighted by Crippen LogP contribution is -3.19. The third kappa shape index (κ3) is 4.51. The molecule has 1 atom stereocenters. The Kier molecular flexibility index (Phi) is 6.57. The second-order valence-corrected chi connectivity index (χ2v) is 7.88. The summed E-state index contributed by atoms with van der Waals surface area (Å²) < 4.78 is 36.3. The van der Waals surface area contributed by atoms with Gasteiger partial charge in [-0.1, -0.05) is 0 Å². The Labute approximate surface area is 152 Å². The number of piperazine rings is 1. The van der Waals surface area contributed by atoms with E-state index in [1.54, 1.807) is 19.1 Å². The fourth-order valence-corrected chi connectivity index (χ4v) is 4.23. The van der Waals surface area contributed by atoms with Gasteiger partial charge in [-0.2, -0.15) is 4.31 Å². The van der Waals surface area contributed by atoms with Gasteiger partial charge < -0.3 is 14.4 Å². The standard InChI is InChI=1S/C16H23N3O6S/c1-12(15(20)17-16(21)25-3)18-8-10-19(11-9-18)26(22,23)14-6-4-13(24-2)5-7-14/h4-7,12H,8-11H2,1-3H3,(H,17,20,21)/p+1/t12-/m1/s1. The fraction of sp³-hybridized carbons (Fsp3) is 0.500. The molecule has 0 aromatic heterocycles. The second-order valence-electron chi connectivity index (χ2n) is 5.94. The van der Waals surface area contributed by atoms with Crippen LogP contribution in [0, 0.1) is 0 Å². The molecule has 0 unspecified atom stereocenters. The van der Waals surface area contributed by atoms with Crippen molar-refractivity contribution in [1.82, 2.24) is 9.62 Å². The summed E-state index contributed by atoms with van der Waals surface area (Å²) in [5.74, 6) is 0.141. The number of imide groups is 1. The Bertz CT molecular complexity index is 742. The average Bonchev–Trinajstić information content (AvgIpc) is 2.67. The second kappa shape index (κ2) is 8.47. The Morgan fingerprint density at radius 1 is 1.15 bits per heavy atom. The highest BCUT2D eigenvalue weighted by Crippen LogP contribution is 2.19. The van der Waals surface area contributed by atoms with E-state index in [0.717, 1.165) is 4.90 Å². The van der Waals surface area contributed by atoms with Gasteiger partial charge >= 0.3 is 6.09 Å².